The summed E-state index contributed by atoms with van der Waals surface area (Å²) in [5, 5.41) is -0.328. The van der Waals surface area contributed by atoms with Gasteiger partial charge in [0.05, 0.1) is 6.26 Å². The molecule has 0 aromatic carbocycles. The Morgan fingerprint density at radius 2 is 1.73 bits per heavy atom. The van der Waals surface area contributed by atoms with Crippen molar-refractivity contribution < 1.29 is 8.42 Å². The highest BCUT2D eigenvalue weighted by atomic mass is 35.5. The zero-order chi connectivity index (χ0) is 11.8. The second kappa shape index (κ2) is 4.29. The standard InChI is InChI=1S/C6H6Cl3N3O2S/c1-12(15(2,13)14)5-3(7)4(8)10-6(9)11-5/h1-2H3. The number of nitrogens with zero attached hydrogens (tertiary/aromatic N) is 3. The second-order valence-corrected chi connectivity index (χ2v) is 5.74. The Kier molecular flexibility index (Phi) is 3.65. The summed E-state index contributed by atoms with van der Waals surface area (Å²) in [7, 11) is -2.18. The molecule has 1 aromatic rings. The average Bonchev–Trinajstić information content (AvgIpc) is 2.08. The van der Waals surface area contributed by atoms with Gasteiger partial charge >= 0.3 is 0 Å². The monoisotopic (exact) mass is 289 g/mol. The van der Waals surface area contributed by atoms with Crippen LogP contribution in [0.3, 0.4) is 0 Å². The van der Waals surface area contributed by atoms with Crippen molar-refractivity contribution in [3.8, 4) is 0 Å². The first kappa shape index (κ1) is 12.8. The Balaban J connectivity index is 3.38. The van der Waals surface area contributed by atoms with E-state index in [2.05, 4.69) is 9.97 Å². The maximum Gasteiger partial charge on any atom is 0.233 e. The van der Waals surface area contributed by atoms with Crippen molar-refractivity contribution in [1.82, 2.24) is 9.97 Å². The summed E-state index contributed by atoms with van der Waals surface area (Å²) in [6.45, 7) is 0. The molecular formula is C6H6Cl3N3O2S. The van der Waals surface area contributed by atoms with Gasteiger partial charge in [-0.15, -0.1) is 0 Å². The summed E-state index contributed by atoms with van der Waals surface area (Å²) in [6, 6.07) is 0. The lowest BCUT2D eigenvalue weighted by atomic mass is 10.6. The summed E-state index contributed by atoms with van der Waals surface area (Å²) in [5.41, 5.74) is 0. The first-order valence-electron chi connectivity index (χ1n) is 3.56. The molecule has 1 aromatic heterocycles. The van der Waals surface area contributed by atoms with Gasteiger partial charge in [0.25, 0.3) is 0 Å². The van der Waals surface area contributed by atoms with Gasteiger partial charge in [-0.1, -0.05) is 23.2 Å². The minimum absolute atomic E-state index is 0.0517. The number of aromatic nitrogens is 2. The summed E-state index contributed by atoms with van der Waals surface area (Å²) in [4.78, 5) is 7.25. The van der Waals surface area contributed by atoms with Gasteiger partial charge in [-0.05, 0) is 11.6 Å². The van der Waals surface area contributed by atoms with Crippen LogP contribution >= 0.6 is 34.8 Å². The molecule has 0 radical (unpaired) electrons. The quantitative estimate of drug-likeness (QED) is 0.616. The molecule has 0 aliphatic heterocycles. The van der Waals surface area contributed by atoms with Crippen LogP contribution in [0.5, 0.6) is 0 Å². The molecule has 0 saturated heterocycles. The van der Waals surface area contributed by atoms with Crippen LogP contribution in [0.25, 0.3) is 0 Å². The molecule has 1 heterocycles. The van der Waals surface area contributed by atoms with Gasteiger partial charge in [-0.3, -0.25) is 4.31 Å². The molecule has 0 saturated carbocycles. The molecule has 0 fully saturated rings. The van der Waals surface area contributed by atoms with Crippen molar-refractivity contribution in [3.05, 3.63) is 15.5 Å². The van der Waals surface area contributed by atoms with Gasteiger partial charge in [-0.2, -0.15) is 4.98 Å². The summed E-state index contributed by atoms with van der Waals surface area (Å²) >= 11 is 16.9. The van der Waals surface area contributed by atoms with Crippen LogP contribution in [0.15, 0.2) is 0 Å². The van der Waals surface area contributed by atoms with Gasteiger partial charge in [-0.25, -0.2) is 13.4 Å². The van der Waals surface area contributed by atoms with Crippen molar-refractivity contribution in [2.75, 3.05) is 17.6 Å². The molecule has 84 valence electrons. The van der Waals surface area contributed by atoms with Gasteiger partial charge < -0.3 is 0 Å². The zero-order valence-corrected chi connectivity index (χ0v) is 10.8. The van der Waals surface area contributed by atoms with E-state index < -0.39 is 10.0 Å². The molecule has 5 nitrogen and oxygen atoms in total. The van der Waals surface area contributed by atoms with Crippen LogP contribution in [0.1, 0.15) is 0 Å². The average molecular weight is 291 g/mol. The third-order valence-corrected chi connectivity index (χ3v) is 3.62. The normalized spacial score (nSPS) is 11.5. The van der Waals surface area contributed by atoms with E-state index in [9.17, 15) is 8.42 Å². The fourth-order valence-corrected chi connectivity index (χ4v) is 1.83. The first-order chi connectivity index (χ1) is 6.73. The van der Waals surface area contributed by atoms with Gasteiger partial charge in [0.2, 0.25) is 15.3 Å². The van der Waals surface area contributed by atoms with Crippen LogP contribution in [-0.4, -0.2) is 31.7 Å². The van der Waals surface area contributed by atoms with Crippen LogP contribution < -0.4 is 4.31 Å². The maximum atomic E-state index is 11.2. The fourth-order valence-electron chi connectivity index (χ4n) is 0.750. The molecule has 0 unspecified atom stereocenters. The van der Waals surface area contributed by atoms with Crippen molar-refractivity contribution in [3.63, 3.8) is 0 Å². The van der Waals surface area contributed by atoms with E-state index in [-0.39, 0.29) is 21.3 Å². The first-order valence-corrected chi connectivity index (χ1v) is 6.54. The Morgan fingerprint density at radius 3 is 2.20 bits per heavy atom. The van der Waals surface area contributed by atoms with Crippen LogP contribution in [-0.2, 0) is 10.0 Å². The Morgan fingerprint density at radius 1 is 1.20 bits per heavy atom. The lowest BCUT2D eigenvalue weighted by Gasteiger charge is -2.16. The minimum atomic E-state index is -3.47. The molecule has 9 heteroatoms. The number of rotatable bonds is 2. The lowest BCUT2D eigenvalue weighted by molar-refractivity contribution is 0.600. The molecular weight excluding hydrogens is 285 g/mol. The molecule has 0 amide bonds. The van der Waals surface area contributed by atoms with Crippen molar-refractivity contribution in [2.45, 2.75) is 0 Å². The largest absolute Gasteiger partial charge is 0.256 e. The van der Waals surface area contributed by atoms with E-state index >= 15 is 0 Å². The highest BCUT2D eigenvalue weighted by Crippen LogP contribution is 2.30. The summed E-state index contributed by atoms with van der Waals surface area (Å²) in [5.74, 6) is -0.0517. The number of sulfonamides is 1. The molecule has 0 aliphatic carbocycles. The van der Waals surface area contributed by atoms with Crippen LogP contribution in [0, 0.1) is 0 Å². The number of hydrogen-bond acceptors (Lipinski definition) is 4. The minimum Gasteiger partial charge on any atom is -0.256 e. The molecule has 0 spiro atoms. The van der Waals surface area contributed by atoms with Crippen LogP contribution in [0.4, 0.5) is 5.82 Å². The molecule has 0 N–H and O–H groups in total. The SMILES string of the molecule is CN(c1nc(Cl)nc(Cl)c1Cl)S(C)(=O)=O. The molecule has 15 heavy (non-hydrogen) atoms. The molecule has 0 atom stereocenters. The van der Waals surface area contributed by atoms with E-state index in [4.69, 9.17) is 34.8 Å². The van der Waals surface area contributed by atoms with Gasteiger partial charge in [0.15, 0.2) is 11.0 Å². The lowest BCUT2D eigenvalue weighted by Crippen LogP contribution is -2.26. The van der Waals surface area contributed by atoms with E-state index in [1.807, 2.05) is 0 Å². The third kappa shape index (κ3) is 2.84. The maximum absolute atomic E-state index is 11.2. The molecule has 0 aliphatic rings. The highest BCUT2D eigenvalue weighted by molar-refractivity contribution is 7.92. The van der Waals surface area contributed by atoms with Gasteiger partial charge in [0.1, 0.15) is 5.02 Å². The van der Waals surface area contributed by atoms with Crippen molar-refractivity contribution in [2.24, 2.45) is 0 Å². The second-order valence-electron chi connectivity index (χ2n) is 2.65. The van der Waals surface area contributed by atoms with E-state index in [1.54, 1.807) is 0 Å². The van der Waals surface area contributed by atoms with Crippen molar-refractivity contribution in [1.29, 1.82) is 0 Å². The summed E-state index contributed by atoms with van der Waals surface area (Å²) in [6.07, 6.45) is 1.01. The Labute approximate surface area is 102 Å². The fraction of sp³-hybridized carbons (Fsp3) is 0.333. The number of hydrogen-bond donors (Lipinski definition) is 0. The Bertz CT molecular complexity index is 491. The number of anilines is 1. The van der Waals surface area contributed by atoms with E-state index in [0.717, 1.165) is 10.6 Å². The Hall–Kier alpha value is -0.300. The highest BCUT2D eigenvalue weighted by Gasteiger charge is 2.20. The predicted molar refractivity (Wildman–Crippen MR) is 60.3 cm³/mol. The topological polar surface area (TPSA) is 63.2 Å². The van der Waals surface area contributed by atoms with Gasteiger partial charge in [0, 0.05) is 7.05 Å². The third-order valence-electron chi connectivity index (χ3n) is 1.56. The van der Waals surface area contributed by atoms with E-state index in [0.29, 0.717) is 0 Å². The zero-order valence-electron chi connectivity index (χ0n) is 7.70. The van der Waals surface area contributed by atoms with Crippen LogP contribution in [0.2, 0.25) is 15.5 Å². The predicted octanol–water partition coefficient (Wildman–Crippen LogP) is 1.83. The smallest absolute Gasteiger partial charge is 0.233 e. The van der Waals surface area contributed by atoms with E-state index in [1.165, 1.54) is 7.05 Å². The summed E-state index contributed by atoms with van der Waals surface area (Å²) < 4.78 is 23.3. The molecule has 0 bridgehead atoms. The van der Waals surface area contributed by atoms with Crippen molar-refractivity contribution >= 4 is 50.6 Å². The number of halogens is 3. The molecule has 1 rings (SSSR count).